The second-order valence-electron chi connectivity index (χ2n) is 3.52. The minimum Gasteiger partial charge on any atom is -0.394 e. The number of halogens is 1. The second-order valence-corrected chi connectivity index (χ2v) is 4.38. The molecule has 0 saturated heterocycles. The zero-order chi connectivity index (χ0) is 10.1. The zero-order valence-corrected chi connectivity index (χ0v) is 9.24. The van der Waals surface area contributed by atoms with Crippen LogP contribution in [0.5, 0.6) is 0 Å². The normalized spacial score (nSPS) is 18.2. The Morgan fingerprint density at radius 3 is 2.93 bits per heavy atom. The number of rotatable bonds is 3. The lowest BCUT2D eigenvalue weighted by Gasteiger charge is -2.10. The molecule has 1 aromatic rings. The highest BCUT2D eigenvalue weighted by Gasteiger charge is 2.27. The zero-order valence-electron chi connectivity index (χ0n) is 7.65. The van der Waals surface area contributed by atoms with Crippen LogP contribution in [0.15, 0.2) is 10.7 Å². The summed E-state index contributed by atoms with van der Waals surface area (Å²) in [6.07, 6.45) is 4.04. The van der Waals surface area contributed by atoms with Gasteiger partial charge in [0.25, 0.3) is 0 Å². The van der Waals surface area contributed by atoms with Gasteiger partial charge in [0, 0.05) is 12.1 Å². The molecule has 3 N–H and O–H groups in total. The summed E-state index contributed by atoms with van der Waals surface area (Å²) in [5, 5.41) is 8.95. The van der Waals surface area contributed by atoms with Crippen LogP contribution in [0.25, 0.3) is 0 Å². The first-order chi connectivity index (χ1) is 6.72. The van der Waals surface area contributed by atoms with Crippen molar-refractivity contribution < 1.29 is 5.11 Å². The third kappa shape index (κ3) is 1.94. The summed E-state index contributed by atoms with van der Waals surface area (Å²) in [6.45, 7) is -0.0975. The van der Waals surface area contributed by atoms with Gasteiger partial charge in [0.05, 0.1) is 22.8 Å². The first-order valence-corrected chi connectivity index (χ1v) is 5.40. The number of aliphatic hydroxyl groups is 1. The van der Waals surface area contributed by atoms with Crippen molar-refractivity contribution >= 4 is 15.9 Å². The van der Waals surface area contributed by atoms with Crippen LogP contribution in [0.4, 0.5) is 0 Å². The average molecular weight is 258 g/mol. The van der Waals surface area contributed by atoms with Crippen molar-refractivity contribution in [2.24, 2.45) is 5.73 Å². The van der Waals surface area contributed by atoms with E-state index in [0.29, 0.717) is 11.6 Å². The minimum atomic E-state index is -0.426. The van der Waals surface area contributed by atoms with Gasteiger partial charge < -0.3 is 10.8 Å². The highest BCUT2D eigenvalue weighted by atomic mass is 79.9. The first kappa shape index (κ1) is 10.0. The van der Waals surface area contributed by atoms with Crippen LogP contribution < -0.4 is 5.73 Å². The monoisotopic (exact) mass is 257 g/mol. The number of hydrogen-bond acceptors (Lipinski definition) is 4. The topological polar surface area (TPSA) is 72.0 Å². The van der Waals surface area contributed by atoms with Gasteiger partial charge in [0.1, 0.15) is 5.82 Å². The van der Waals surface area contributed by atoms with E-state index in [2.05, 4.69) is 25.9 Å². The highest BCUT2D eigenvalue weighted by molar-refractivity contribution is 9.10. The third-order valence-electron chi connectivity index (χ3n) is 2.28. The number of hydrogen-bond donors (Lipinski definition) is 2. The van der Waals surface area contributed by atoms with Gasteiger partial charge in [-0.2, -0.15) is 0 Å². The molecule has 14 heavy (non-hydrogen) atoms. The molecule has 0 aromatic carbocycles. The Bertz CT molecular complexity index is 341. The number of aliphatic hydroxyl groups excluding tert-OH is 1. The Hall–Kier alpha value is -0.520. The van der Waals surface area contributed by atoms with E-state index in [-0.39, 0.29) is 6.61 Å². The maximum Gasteiger partial charge on any atom is 0.131 e. The van der Waals surface area contributed by atoms with Gasteiger partial charge in [0.2, 0.25) is 0 Å². The highest BCUT2D eigenvalue weighted by Crippen LogP contribution is 2.38. The van der Waals surface area contributed by atoms with Crippen molar-refractivity contribution in [1.29, 1.82) is 0 Å². The summed E-state index contributed by atoms with van der Waals surface area (Å²) >= 11 is 3.33. The fourth-order valence-electron chi connectivity index (χ4n) is 1.28. The van der Waals surface area contributed by atoms with Gasteiger partial charge in [0.15, 0.2) is 0 Å². The lowest BCUT2D eigenvalue weighted by Crippen LogP contribution is -2.17. The van der Waals surface area contributed by atoms with Gasteiger partial charge in [-0.15, -0.1) is 0 Å². The van der Waals surface area contributed by atoms with Gasteiger partial charge in [-0.3, -0.25) is 0 Å². The van der Waals surface area contributed by atoms with Crippen LogP contribution in [-0.4, -0.2) is 21.7 Å². The van der Waals surface area contributed by atoms with E-state index >= 15 is 0 Å². The summed E-state index contributed by atoms with van der Waals surface area (Å²) < 4.78 is 0.767. The summed E-state index contributed by atoms with van der Waals surface area (Å²) in [7, 11) is 0. The van der Waals surface area contributed by atoms with E-state index in [1.165, 1.54) is 0 Å². The SMILES string of the molecule is N[C@H](CO)c1nc(C2CC2)ncc1Br. The Morgan fingerprint density at radius 1 is 1.64 bits per heavy atom. The maximum atomic E-state index is 8.95. The van der Waals surface area contributed by atoms with Crippen molar-refractivity contribution in [1.82, 2.24) is 9.97 Å². The Balaban J connectivity index is 2.31. The molecular weight excluding hydrogens is 246 g/mol. The number of aromatic nitrogens is 2. The van der Waals surface area contributed by atoms with E-state index < -0.39 is 6.04 Å². The number of nitrogens with two attached hydrogens (primary N) is 1. The smallest absolute Gasteiger partial charge is 0.131 e. The van der Waals surface area contributed by atoms with Crippen molar-refractivity contribution in [2.75, 3.05) is 6.61 Å². The molecule has 0 radical (unpaired) electrons. The summed E-state index contributed by atoms with van der Waals surface area (Å²) in [6, 6.07) is -0.426. The number of nitrogens with zero attached hydrogens (tertiary/aromatic N) is 2. The Morgan fingerprint density at radius 2 is 2.36 bits per heavy atom. The van der Waals surface area contributed by atoms with Crippen molar-refractivity contribution in [2.45, 2.75) is 24.8 Å². The predicted molar refractivity (Wildman–Crippen MR) is 55.7 cm³/mol. The van der Waals surface area contributed by atoms with Crippen LogP contribution in [0.3, 0.4) is 0 Å². The summed E-state index contributed by atoms with van der Waals surface area (Å²) in [4.78, 5) is 8.58. The Kier molecular flexibility index (Phi) is 2.80. The molecule has 0 amide bonds. The molecule has 0 aliphatic heterocycles. The first-order valence-electron chi connectivity index (χ1n) is 4.61. The molecule has 1 atom stereocenters. The van der Waals surface area contributed by atoms with Gasteiger partial charge >= 0.3 is 0 Å². The van der Waals surface area contributed by atoms with Crippen LogP contribution in [-0.2, 0) is 0 Å². The Labute approximate surface area is 90.7 Å². The predicted octanol–water partition coefficient (Wildman–Crippen LogP) is 1.11. The molecule has 1 aliphatic rings. The van der Waals surface area contributed by atoms with E-state index in [1.54, 1.807) is 6.20 Å². The fourth-order valence-corrected chi connectivity index (χ4v) is 1.76. The molecule has 4 nitrogen and oxygen atoms in total. The summed E-state index contributed by atoms with van der Waals surface area (Å²) in [5.74, 6) is 1.36. The van der Waals surface area contributed by atoms with Crippen LogP contribution in [0.1, 0.15) is 36.3 Å². The lowest BCUT2D eigenvalue weighted by molar-refractivity contribution is 0.265. The molecule has 1 saturated carbocycles. The molecule has 5 heteroatoms. The van der Waals surface area contributed by atoms with E-state index in [0.717, 1.165) is 23.1 Å². The molecule has 76 valence electrons. The van der Waals surface area contributed by atoms with Gasteiger partial charge in [-0.05, 0) is 28.8 Å². The van der Waals surface area contributed by atoms with Crippen LogP contribution >= 0.6 is 15.9 Å². The molecule has 1 aliphatic carbocycles. The molecule has 1 heterocycles. The summed E-state index contributed by atoms with van der Waals surface area (Å²) in [5.41, 5.74) is 6.41. The van der Waals surface area contributed by atoms with Crippen LogP contribution in [0, 0.1) is 0 Å². The minimum absolute atomic E-state index is 0.0975. The quantitative estimate of drug-likeness (QED) is 0.851. The van der Waals surface area contributed by atoms with Crippen LogP contribution in [0.2, 0.25) is 0 Å². The van der Waals surface area contributed by atoms with Crippen molar-refractivity contribution in [3.05, 3.63) is 22.2 Å². The average Bonchev–Trinajstić information content (AvgIpc) is 3.01. The standard InChI is InChI=1S/C9H12BrN3O/c10-6-3-12-9(5-1-2-5)13-8(6)7(11)4-14/h3,5,7,14H,1-2,4,11H2/t7-/m1/s1. The molecule has 0 spiro atoms. The molecule has 0 bridgehead atoms. The molecule has 1 aromatic heterocycles. The van der Waals surface area contributed by atoms with Gasteiger partial charge in [-0.25, -0.2) is 9.97 Å². The third-order valence-corrected chi connectivity index (χ3v) is 2.89. The molecule has 1 fully saturated rings. The second kappa shape index (κ2) is 3.92. The van der Waals surface area contributed by atoms with E-state index in [1.807, 2.05) is 0 Å². The van der Waals surface area contributed by atoms with Gasteiger partial charge in [-0.1, -0.05) is 0 Å². The fraction of sp³-hybridized carbons (Fsp3) is 0.556. The van der Waals surface area contributed by atoms with E-state index in [4.69, 9.17) is 10.8 Å². The molecule has 2 rings (SSSR count). The lowest BCUT2D eigenvalue weighted by atomic mass is 10.2. The van der Waals surface area contributed by atoms with Crippen molar-refractivity contribution in [3.8, 4) is 0 Å². The van der Waals surface area contributed by atoms with E-state index in [9.17, 15) is 0 Å². The largest absolute Gasteiger partial charge is 0.394 e. The maximum absolute atomic E-state index is 8.95. The molecular formula is C9H12BrN3O. The van der Waals surface area contributed by atoms with Crippen molar-refractivity contribution in [3.63, 3.8) is 0 Å². The molecule has 0 unspecified atom stereocenters.